The summed E-state index contributed by atoms with van der Waals surface area (Å²) in [5.74, 6) is 0. The molecule has 1 fully saturated rings. The van der Waals surface area contributed by atoms with Crippen LogP contribution in [-0.2, 0) is 5.41 Å². The summed E-state index contributed by atoms with van der Waals surface area (Å²) in [6.07, 6.45) is 5.44. The predicted molar refractivity (Wildman–Crippen MR) is 64.4 cm³/mol. The summed E-state index contributed by atoms with van der Waals surface area (Å²) >= 11 is 0. The van der Waals surface area contributed by atoms with E-state index in [2.05, 4.69) is 34.0 Å². The first-order valence-corrected chi connectivity index (χ1v) is 5.87. The Morgan fingerprint density at radius 1 is 1.25 bits per heavy atom. The number of aromatic nitrogens is 2. The van der Waals surface area contributed by atoms with Crippen molar-refractivity contribution >= 4 is 0 Å². The van der Waals surface area contributed by atoms with Gasteiger partial charge in [0.1, 0.15) is 6.33 Å². The van der Waals surface area contributed by atoms with Gasteiger partial charge in [-0.25, -0.2) is 9.97 Å². The minimum atomic E-state index is 0.124. The summed E-state index contributed by atoms with van der Waals surface area (Å²) in [6.45, 7) is 10.1. The van der Waals surface area contributed by atoms with Crippen LogP contribution < -0.4 is 5.32 Å². The zero-order valence-electron chi connectivity index (χ0n) is 10.1. The lowest BCUT2D eigenvalue weighted by atomic mass is 9.86. The quantitative estimate of drug-likeness (QED) is 0.812. The molecule has 1 N–H and O–H groups in total. The Kier molecular flexibility index (Phi) is 3.51. The van der Waals surface area contributed by atoms with Crippen molar-refractivity contribution in [3.63, 3.8) is 0 Å². The molecule has 1 aliphatic rings. The Morgan fingerprint density at radius 2 is 1.88 bits per heavy atom. The van der Waals surface area contributed by atoms with Crippen LogP contribution in [-0.4, -0.2) is 47.6 Å². The minimum absolute atomic E-state index is 0.124. The third-order valence-corrected chi connectivity index (χ3v) is 3.17. The zero-order valence-corrected chi connectivity index (χ0v) is 10.1. The fourth-order valence-electron chi connectivity index (χ4n) is 2.17. The summed E-state index contributed by atoms with van der Waals surface area (Å²) in [5, 5.41) is 3.37. The number of rotatable bonds is 3. The van der Waals surface area contributed by atoms with Crippen molar-refractivity contribution in [2.24, 2.45) is 0 Å². The monoisotopic (exact) mass is 220 g/mol. The van der Waals surface area contributed by atoms with E-state index in [4.69, 9.17) is 0 Å². The van der Waals surface area contributed by atoms with E-state index in [0.717, 1.165) is 32.7 Å². The summed E-state index contributed by atoms with van der Waals surface area (Å²) in [5.41, 5.74) is 1.34. The summed E-state index contributed by atoms with van der Waals surface area (Å²) < 4.78 is 0. The number of hydrogen-bond acceptors (Lipinski definition) is 4. The molecule has 88 valence electrons. The average molecular weight is 220 g/mol. The molecule has 0 bridgehead atoms. The molecule has 0 spiro atoms. The van der Waals surface area contributed by atoms with Crippen LogP contribution in [0.25, 0.3) is 0 Å². The molecule has 0 aliphatic carbocycles. The van der Waals surface area contributed by atoms with E-state index in [0.29, 0.717) is 0 Å². The summed E-state index contributed by atoms with van der Waals surface area (Å²) in [4.78, 5) is 10.7. The van der Waals surface area contributed by atoms with Gasteiger partial charge in [-0.15, -0.1) is 0 Å². The van der Waals surface area contributed by atoms with E-state index in [-0.39, 0.29) is 5.41 Å². The molecule has 1 aromatic heterocycles. The van der Waals surface area contributed by atoms with E-state index in [1.807, 2.05) is 12.4 Å². The summed E-state index contributed by atoms with van der Waals surface area (Å²) in [7, 11) is 0. The maximum atomic E-state index is 4.10. The Bertz CT molecular complexity index is 317. The normalized spacial score (nSPS) is 18.6. The molecule has 1 saturated heterocycles. The van der Waals surface area contributed by atoms with E-state index < -0.39 is 0 Å². The molecule has 0 amide bonds. The van der Waals surface area contributed by atoms with Crippen molar-refractivity contribution in [3.05, 3.63) is 24.3 Å². The van der Waals surface area contributed by atoms with Gasteiger partial charge in [-0.2, -0.15) is 0 Å². The Labute approximate surface area is 97.1 Å². The van der Waals surface area contributed by atoms with Crippen LogP contribution >= 0.6 is 0 Å². The van der Waals surface area contributed by atoms with Crippen LogP contribution in [0.4, 0.5) is 0 Å². The van der Waals surface area contributed by atoms with Crippen molar-refractivity contribution in [3.8, 4) is 0 Å². The topological polar surface area (TPSA) is 41.0 Å². The molecule has 2 rings (SSSR count). The van der Waals surface area contributed by atoms with Gasteiger partial charge < -0.3 is 5.32 Å². The second kappa shape index (κ2) is 4.89. The number of nitrogens with one attached hydrogen (secondary N) is 1. The highest BCUT2D eigenvalue weighted by Crippen LogP contribution is 2.22. The largest absolute Gasteiger partial charge is 0.314 e. The molecule has 4 nitrogen and oxygen atoms in total. The molecular formula is C12H20N4. The molecule has 1 aromatic rings. The van der Waals surface area contributed by atoms with Gasteiger partial charge in [-0.3, -0.25) is 4.90 Å². The first-order valence-electron chi connectivity index (χ1n) is 5.87. The molecule has 0 unspecified atom stereocenters. The lowest BCUT2D eigenvalue weighted by Gasteiger charge is -2.35. The molecule has 0 saturated carbocycles. The second-order valence-electron chi connectivity index (χ2n) is 5.04. The highest BCUT2D eigenvalue weighted by atomic mass is 15.2. The SMILES string of the molecule is CC(C)(CN1CCNCC1)c1cncnc1. The van der Waals surface area contributed by atoms with Crippen molar-refractivity contribution in [2.75, 3.05) is 32.7 Å². The van der Waals surface area contributed by atoms with E-state index in [1.165, 1.54) is 5.56 Å². The smallest absolute Gasteiger partial charge is 0.115 e. The number of hydrogen-bond donors (Lipinski definition) is 1. The van der Waals surface area contributed by atoms with Crippen molar-refractivity contribution in [1.82, 2.24) is 20.2 Å². The van der Waals surface area contributed by atoms with Gasteiger partial charge in [0, 0.05) is 50.5 Å². The van der Waals surface area contributed by atoms with Gasteiger partial charge in [0.15, 0.2) is 0 Å². The van der Waals surface area contributed by atoms with Crippen LogP contribution in [0, 0.1) is 0 Å². The second-order valence-corrected chi connectivity index (χ2v) is 5.04. The maximum Gasteiger partial charge on any atom is 0.115 e. The van der Waals surface area contributed by atoms with E-state index in [9.17, 15) is 0 Å². The first kappa shape index (κ1) is 11.5. The minimum Gasteiger partial charge on any atom is -0.314 e. The van der Waals surface area contributed by atoms with E-state index in [1.54, 1.807) is 6.33 Å². The first-order chi connectivity index (χ1) is 7.68. The highest BCUT2D eigenvalue weighted by Gasteiger charge is 2.25. The van der Waals surface area contributed by atoms with Gasteiger partial charge in [-0.1, -0.05) is 13.8 Å². The standard InChI is InChI=1S/C12H20N4/c1-12(2,11-7-14-10-15-8-11)9-16-5-3-13-4-6-16/h7-8,10,13H,3-6,9H2,1-2H3. The van der Waals surface area contributed by atoms with Crippen LogP contribution in [0.5, 0.6) is 0 Å². The summed E-state index contributed by atoms with van der Waals surface area (Å²) in [6, 6.07) is 0. The Balaban J connectivity index is 2.01. The fraction of sp³-hybridized carbons (Fsp3) is 0.667. The lowest BCUT2D eigenvalue weighted by Crippen LogP contribution is -2.47. The van der Waals surface area contributed by atoms with Gasteiger partial charge in [0.05, 0.1) is 0 Å². The zero-order chi connectivity index (χ0) is 11.4. The third kappa shape index (κ3) is 2.77. The van der Waals surface area contributed by atoms with Crippen molar-refractivity contribution in [1.29, 1.82) is 0 Å². The molecule has 4 heteroatoms. The fourth-order valence-corrected chi connectivity index (χ4v) is 2.17. The predicted octanol–water partition coefficient (Wildman–Crippen LogP) is 0.659. The number of piperazine rings is 1. The maximum absolute atomic E-state index is 4.10. The van der Waals surface area contributed by atoms with Crippen molar-refractivity contribution < 1.29 is 0 Å². The lowest BCUT2D eigenvalue weighted by molar-refractivity contribution is 0.199. The molecular weight excluding hydrogens is 200 g/mol. The van der Waals surface area contributed by atoms with Gasteiger partial charge >= 0.3 is 0 Å². The molecule has 0 radical (unpaired) electrons. The van der Waals surface area contributed by atoms with Gasteiger partial charge in [0.25, 0.3) is 0 Å². The van der Waals surface area contributed by atoms with Gasteiger partial charge in [-0.05, 0) is 5.56 Å². The van der Waals surface area contributed by atoms with Crippen LogP contribution in [0.15, 0.2) is 18.7 Å². The molecule has 1 aliphatic heterocycles. The van der Waals surface area contributed by atoms with Crippen molar-refractivity contribution in [2.45, 2.75) is 19.3 Å². The van der Waals surface area contributed by atoms with E-state index >= 15 is 0 Å². The van der Waals surface area contributed by atoms with Gasteiger partial charge in [0.2, 0.25) is 0 Å². The molecule has 0 aromatic carbocycles. The Hall–Kier alpha value is -1.00. The number of nitrogens with zero attached hydrogens (tertiary/aromatic N) is 3. The third-order valence-electron chi connectivity index (χ3n) is 3.17. The van der Waals surface area contributed by atoms with Crippen LogP contribution in [0.2, 0.25) is 0 Å². The average Bonchev–Trinajstić information content (AvgIpc) is 2.31. The van der Waals surface area contributed by atoms with Crippen LogP contribution in [0.3, 0.4) is 0 Å². The van der Waals surface area contributed by atoms with Crippen LogP contribution in [0.1, 0.15) is 19.4 Å². The molecule has 2 heterocycles. The molecule has 16 heavy (non-hydrogen) atoms. The highest BCUT2D eigenvalue weighted by molar-refractivity contribution is 5.16. The molecule has 0 atom stereocenters. The Morgan fingerprint density at radius 3 is 2.50 bits per heavy atom.